The van der Waals surface area contributed by atoms with Crippen LogP contribution in [0.15, 0.2) is 36.5 Å². The maximum absolute atomic E-state index is 12.8. The quantitative estimate of drug-likeness (QED) is 0.0261. The molecule has 1 atom stereocenters. The Labute approximate surface area is 435 Å². The zero-order chi connectivity index (χ0) is 50.7. The molecule has 0 aliphatic carbocycles. The Balaban J connectivity index is 4.17. The van der Waals surface area contributed by atoms with Crippen molar-refractivity contribution >= 4 is 17.9 Å². The van der Waals surface area contributed by atoms with Crippen LogP contribution in [0.4, 0.5) is 0 Å². The number of allylic oxidation sites excluding steroid dienone is 6. The first-order valence-electron chi connectivity index (χ1n) is 31.0. The van der Waals surface area contributed by atoms with Crippen LogP contribution in [0.5, 0.6) is 0 Å². The highest BCUT2D eigenvalue weighted by Crippen LogP contribution is 2.18. The van der Waals surface area contributed by atoms with Crippen LogP contribution in [-0.2, 0) is 28.6 Å². The minimum absolute atomic E-state index is 0.0744. The molecule has 6 heteroatoms. The second kappa shape index (κ2) is 59.2. The normalized spacial score (nSPS) is 12.2. The van der Waals surface area contributed by atoms with Gasteiger partial charge in [-0.2, -0.15) is 0 Å². The second-order valence-corrected chi connectivity index (χ2v) is 21.0. The first-order valence-corrected chi connectivity index (χ1v) is 31.0. The molecule has 0 aromatic rings. The van der Waals surface area contributed by atoms with E-state index in [1.807, 2.05) is 0 Å². The molecule has 0 aromatic heterocycles. The topological polar surface area (TPSA) is 78.9 Å². The molecule has 0 bridgehead atoms. The minimum atomic E-state index is -0.777. The molecule has 0 fully saturated rings. The highest BCUT2D eigenvalue weighted by atomic mass is 16.6. The summed E-state index contributed by atoms with van der Waals surface area (Å²) < 4.78 is 16.9. The van der Waals surface area contributed by atoms with Crippen LogP contribution in [-0.4, -0.2) is 37.2 Å². The van der Waals surface area contributed by atoms with E-state index in [-0.39, 0.29) is 31.1 Å². The standard InChI is InChI=1S/C64H118O6/c1-4-7-10-13-16-19-22-24-26-27-28-29-30-31-32-33-34-35-36-38-39-42-45-48-51-54-57-63(66)69-60-61(59-68-62(65)56-53-50-47-44-41-21-18-15-12-9-6-3)70-64(67)58-55-52-49-46-43-40-37-25-23-20-17-14-11-8-5-2/h8,11,17,20,25,37,61H,4-7,9-10,12-16,18-19,21-24,26-36,38-60H2,1-3H3/b11-8-,20-17-,37-25-. The molecule has 1 unspecified atom stereocenters. The van der Waals surface area contributed by atoms with E-state index in [0.717, 1.165) is 96.3 Å². The van der Waals surface area contributed by atoms with Crippen molar-refractivity contribution in [2.45, 2.75) is 341 Å². The van der Waals surface area contributed by atoms with E-state index < -0.39 is 6.10 Å². The molecule has 0 amide bonds. The summed E-state index contributed by atoms with van der Waals surface area (Å²) in [6.45, 7) is 6.56. The van der Waals surface area contributed by atoms with Crippen LogP contribution in [0.1, 0.15) is 335 Å². The largest absolute Gasteiger partial charge is 0.462 e. The highest BCUT2D eigenvalue weighted by Gasteiger charge is 2.19. The van der Waals surface area contributed by atoms with Crippen LogP contribution in [0.3, 0.4) is 0 Å². The van der Waals surface area contributed by atoms with Crippen molar-refractivity contribution in [2.24, 2.45) is 0 Å². The molecule has 0 heterocycles. The van der Waals surface area contributed by atoms with Crippen molar-refractivity contribution in [3.8, 4) is 0 Å². The fourth-order valence-corrected chi connectivity index (χ4v) is 9.28. The number of esters is 3. The highest BCUT2D eigenvalue weighted by molar-refractivity contribution is 5.71. The zero-order valence-electron chi connectivity index (χ0n) is 47.1. The van der Waals surface area contributed by atoms with Crippen LogP contribution < -0.4 is 0 Å². The number of ether oxygens (including phenoxy) is 3. The van der Waals surface area contributed by atoms with Gasteiger partial charge in [0.05, 0.1) is 0 Å². The zero-order valence-corrected chi connectivity index (χ0v) is 47.1. The smallest absolute Gasteiger partial charge is 0.306 e. The van der Waals surface area contributed by atoms with Gasteiger partial charge in [0.25, 0.3) is 0 Å². The third kappa shape index (κ3) is 56.5. The summed E-state index contributed by atoms with van der Waals surface area (Å²) in [7, 11) is 0. The number of carbonyl (C=O) groups is 3. The third-order valence-corrected chi connectivity index (χ3v) is 13.9. The number of unbranched alkanes of at least 4 members (excludes halogenated alkanes) is 40. The summed E-state index contributed by atoms with van der Waals surface area (Å²) >= 11 is 0. The maximum Gasteiger partial charge on any atom is 0.306 e. The van der Waals surface area contributed by atoms with Gasteiger partial charge in [-0.05, 0) is 51.4 Å². The van der Waals surface area contributed by atoms with Crippen molar-refractivity contribution in [1.82, 2.24) is 0 Å². The molecule has 0 aromatic carbocycles. The molecule has 0 N–H and O–H groups in total. The Morgan fingerprint density at radius 1 is 0.300 bits per heavy atom. The molecule has 0 aliphatic rings. The lowest BCUT2D eigenvalue weighted by Gasteiger charge is -2.18. The van der Waals surface area contributed by atoms with Crippen LogP contribution in [0.25, 0.3) is 0 Å². The van der Waals surface area contributed by atoms with Gasteiger partial charge in [0.1, 0.15) is 13.2 Å². The summed E-state index contributed by atoms with van der Waals surface area (Å²) in [6.07, 6.45) is 71.6. The molecule has 6 nitrogen and oxygen atoms in total. The Morgan fingerprint density at radius 2 is 0.557 bits per heavy atom. The Morgan fingerprint density at radius 3 is 0.871 bits per heavy atom. The van der Waals surface area contributed by atoms with Gasteiger partial charge in [-0.1, -0.05) is 301 Å². The van der Waals surface area contributed by atoms with Crippen LogP contribution in [0, 0.1) is 0 Å². The van der Waals surface area contributed by atoms with Crippen molar-refractivity contribution < 1.29 is 28.6 Å². The minimum Gasteiger partial charge on any atom is -0.462 e. The monoisotopic (exact) mass is 983 g/mol. The molecule has 0 radical (unpaired) electrons. The lowest BCUT2D eigenvalue weighted by molar-refractivity contribution is -0.167. The van der Waals surface area contributed by atoms with Gasteiger partial charge in [0, 0.05) is 19.3 Å². The van der Waals surface area contributed by atoms with E-state index in [2.05, 4.69) is 57.2 Å². The van der Waals surface area contributed by atoms with E-state index in [1.165, 1.54) is 199 Å². The predicted octanol–water partition coefficient (Wildman–Crippen LogP) is 20.8. The molecular formula is C64H118O6. The van der Waals surface area contributed by atoms with E-state index in [9.17, 15) is 14.4 Å². The summed E-state index contributed by atoms with van der Waals surface area (Å²) in [6, 6.07) is 0. The average molecular weight is 984 g/mol. The van der Waals surface area contributed by atoms with E-state index >= 15 is 0 Å². The van der Waals surface area contributed by atoms with E-state index in [1.54, 1.807) is 0 Å². The SMILES string of the molecule is CC/C=C\C/C=C\C/C=C\CCCCCCCC(=O)OC(COC(=O)CCCCCCCCCCCCC)COC(=O)CCCCCCCCCCCCCCCCCCCCCCCCCCCC. The average Bonchev–Trinajstić information content (AvgIpc) is 3.36. The van der Waals surface area contributed by atoms with Gasteiger partial charge in [0.15, 0.2) is 6.10 Å². The van der Waals surface area contributed by atoms with Gasteiger partial charge in [-0.15, -0.1) is 0 Å². The molecule has 70 heavy (non-hydrogen) atoms. The summed E-state index contributed by atoms with van der Waals surface area (Å²) in [5.74, 6) is -0.872. The Bertz CT molecular complexity index is 1170. The van der Waals surface area contributed by atoms with Crippen LogP contribution in [0.2, 0.25) is 0 Å². The van der Waals surface area contributed by atoms with E-state index in [4.69, 9.17) is 14.2 Å². The summed E-state index contributed by atoms with van der Waals surface area (Å²) in [5, 5.41) is 0. The van der Waals surface area contributed by atoms with Gasteiger partial charge in [-0.3, -0.25) is 14.4 Å². The van der Waals surface area contributed by atoms with Gasteiger partial charge < -0.3 is 14.2 Å². The first-order chi connectivity index (χ1) is 34.5. The fourth-order valence-electron chi connectivity index (χ4n) is 9.28. The lowest BCUT2D eigenvalue weighted by atomic mass is 10.0. The molecule has 410 valence electrons. The maximum atomic E-state index is 12.8. The number of hydrogen-bond acceptors (Lipinski definition) is 6. The third-order valence-electron chi connectivity index (χ3n) is 13.9. The number of carbonyl (C=O) groups excluding carboxylic acids is 3. The summed E-state index contributed by atoms with van der Waals surface area (Å²) in [5.41, 5.74) is 0. The van der Waals surface area contributed by atoms with Crippen molar-refractivity contribution in [3.05, 3.63) is 36.5 Å². The fraction of sp³-hybridized carbons (Fsp3) is 0.859. The van der Waals surface area contributed by atoms with Crippen molar-refractivity contribution in [2.75, 3.05) is 13.2 Å². The lowest BCUT2D eigenvalue weighted by Crippen LogP contribution is -2.30. The molecule has 0 rings (SSSR count). The van der Waals surface area contributed by atoms with Crippen LogP contribution >= 0.6 is 0 Å². The Hall–Kier alpha value is -2.37. The van der Waals surface area contributed by atoms with Gasteiger partial charge in [0.2, 0.25) is 0 Å². The number of hydrogen-bond donors (Lipinski definition) is 0. The molecular weight excluding hydrogens is 865 g/mol. The molecule has 0 spiro atoms. The summed E-state index contributed by atoms with van der Waals surface area (Å²) in [4.78, 5) is 38.1. The molecule has 0 aliphatic heterocycles. The van der Waals surface area contributed by atoms with Crippen molar-refractivity contribution in [1.29, 1.82) is 0 Å². The Kier molecular flexibility index (Phi) is 57.2. The van der Waals surface area contributed by atoms with Gasteiger partial charge in [-0.25, -0.2) is 0 Å². The van der Waals surface area contributed by atoms with Gasteiger partial charge >= 0.3 is 17.9 Å². The second-order valence-electron chi connectivity index (χ2n) is 21.0. The predicted molar refractivity (Wildman–Crippen MR) is 302 cm³/mol. The van der Waals surface area contributed by atoms with Crippen molar-refractivity contribution in [3.63, 3.8) is 0 Å². The molecule has 0 saturated heterocycles. The molecule has 0 saturated carbocycles. The van der Waals surface area contributed by atoms with E-state index in [0.29, 0.717) is 19.3 Å². The first kappa shape index (κ1) is 67.6. The number of rotatable bonds is 57.